The Morgan fingerprint density at radius 3 is 2.74 bits per heavy atom. The molecule has 1 unspecified atom stereocenters. The van der Waals surface area contributed by atoms with E-state index in [0.717, 1.165) is 35.7 Å². The van der Waals surface area contributed by atoms with Crippen LogP contribution in [-0.4, -0.2) is 43.1 Å². The Morgan fingerprint density at radius 2 is 2.13 bits per heavy atom. The van der Waals surface area contributed by atoms with Gasteiger partial charge in [0.1, 0.15) is 0 Å². The van der Waals surface area contributed by atoms with Gasteiger partial charge in [0, 0.05) is 30.2 Å². The lowest BCUT2D eigenvalue weighted by Crippen LogP contribution is -2.45. The first-order valence-electron chi connectivity index (χ1n) is 8.08. The van der Waals surface area contributed by atoms with Crippen molar-refractivity contribution in [3.8, 4) is 0 Å². The van der Waals surface area contributed by atoms with Crippen LogP contribution in [0.4, 0.5) is 0 Å². The van der Waals surface area contributed by atoms with E-state index in [9.17, 15) is 0 Å². The van der Waals surface area contributed by atoms with Crippen LogP contribution in [0.1, 0.15) is 32.3 Å². The molecule has 1 aromatic rings. The van der Waals surface area contributed by atoms with Gasteiger partial charge in [-0.3, -0.25) is 4.90 Å². The number of likely N-dealkylation sites (N-methyl/N-ethyl adjacent to an activating group) is 1. The maximum absolute atomic E-state index is 6.01. The number of rotatable bonds is 7. The Kier molecular flexibility index (Phi) is 9.24. The first kappa shape index (κ1) is 20.5. The zero-order valence-electron chi connectivity index (χ0n) is 14.2. The molecular weight excluding hydrogens is 423 g/mol. The van der Waals surface area contributed by atoms with Crippen molar-refractivity contribution in [3.05, 3.63) is 34.9 Å². The lowest BCUT2D eigenvalue weighted by Gasteiger charge is -2.25. The summed E-state index contributed by atoms with van der Waals surface area (Å²) in [6, 6.07) is 9.12. The van der Waals surface area contributed by atoms with Gasteiger partial charge in [-0.2, -0.15) is 0 Å². The monoisotopic (exact) mass is 450 g/mol. The predicted molar refractivity (Wildman–Crippen MR) is 110 cm³/mol. The van der Waals surface area contributed by atoms with E-state index in [0.29, 0.717) is 12.6 Å². The molecule has 0 radical (unpaired) electrons. The Hall–Kier alpha value is -0.530. The smallest absolute Gasteiger partial charge is 0.191 e. The van der Waals surface area contributed by atoms with Crippen molar-refractivity contribution >= 4 is 41.5 Å². The largest absolute Gasteiger partial charge is 0.357 e. The lowest BCUT2D eigenvalue weighted by atomic mass is 10.2. The number of halogens is 2. The molecule has 1 fully saturated rings. The van der Waals surface area contributed by atoms with E-state index in [1.165, 1.54) is 12.8 Å². The molecule has 2 rings (SSSR count). The zero-order chi connectivity index (χ0) is 15.9. The number of benzene rings is 1. The van der Waals surface area contributed by atoms with E-state index in [2.05, 4.69) is 41.4 Å². The fourth-order valence-corrected chi connectivity index (χ4v) is 2.59. The average Bonchev–Trinajstić information content (AvgIpc) is 3.34. The van der Waals surface area contributed by atoms with Gasteiger partial charge in [0.05, 0.1) is 6.54 Å². The number of aliphatic imine (C=N–C) groups is 1. The first-order chi connectivity index (χ1) is 10.6. The van der Waals surface area contributed by atoms with E-state index in [1.54, 1.807) is 0 Å². The molecule has 130 valence electrons. The Balaban J connectivity index is 0.00000264. The molecule has 1 aromatic carbocycles. The summed E-state index contributed by atoms with van der Waals surface area (Å²) in [6.07, 6.45) is 2.67. The van der Waals surface area contributed by atoms with Gasteiger partial charge in [0.2, 0.25) is 0 Å². The van der Waals surface area contributed by atoms with Gasteiger partial charge in [-0.25, -0.2) is 4.99 Å². The van der Waals surface area contributed by atoms with Crippen molar-refractivity contribution in [1.29, 1.82) is 0 Å². The summed E-state index contributed by atoms with van der Waals surface area (Å²) < 4.78 is 0. The van der Waals surface area contributed by atoms with Crippen LogP contribution in [0, 0.1) is 0 Å². The van der Waals surface area contributed by atoms with Crippen LogP contribution in [0.5, 0.6) is 0 Å². The Morgan fingerprint density at radius 1 is 1.39 bits per heavy atom. The standard InChI is InChI=1S/C17H27ClN4.HI/c1-4-19-17(20-11-13(2)22(3)16-8-9-16)21-12-14-6-5-7-15(18)10-14;/h5-7,10,13,16H,4,8-9,11-12H2,1-3H3,(H2,19,20,21);1H. The van der Waals surface area contributed by atoms with Gasteiger partial charge in [-0.1, -0.05) is 23.7 Å². The zero-order valence-corrected chi connectivity index (χ0v) is 17.3. The van der Waals surface area contributed by atoms with E-state index < -0.39 is 0 Å². The molecule has 6 heteroatoms. The highest BCUT2D eigenvalue weighted by molar-refractivity contribution is 14.0. The minimum absolute atomic E-state index is 0. The second kappa shape index (κ2) is 10.4. The molecule has 0 spiro atoms. The molecule has 2 N–H and O–H groups in total. The van der Waals surface area contributed by atoms with Crippen molar-refractivity contribution in [2.75, 3.05) is 20.1 Å². The number of hydrogen-bond donors (Lipinski definition) is 2. The molecule has 1 aliphatic carbocycles. The highest BCUT2D eigenvalue weighted by atomic mass is 127. The summed E-state index contributed by atoms with van der Waals surface area (Å²) in [5, 5.41) is 7.48. The van der Waals surface area contributed by atoms with Crippen molar-refractivity contribution in [2.24, 2.45) is 4.99 Å². The van der Waals surface area contributed by atoms with Crippen molar-refractivity contribution in [1.82, 2.24) is 15.5 Å². The second-order valence-electron chi connectivity index (χ2n) is 5.95. The fourth-order valence-electron chi connectivity index (χ4n) is 2.38. The molecule has 0 aliphatic heterocycles. The summed E-state index contributed by atoms with van der Waals surface area (Å²) in [6.45, 7) is 6.72. The van der Waals surface area contributed by atoms with Gasteiger partial charge >= 0.3 is 0 Å². The van der Waals surface area contributed by atoms with Crippen LogP contribution in [0.25, 0.3) is 0 Å². The van der Waals surface area contributed by atoms with Crippen LogP contribution in [-0.2, 0) is 6.54 Å². The summed E-state index contributed by atoms with van der Waals surface area (Å²) in [4.78, 5) is 7.09. The van der Waals surface area contributed by atoms with Crippen LogP contribution in [0.3, 0.4) is 0 Å². The fraction of sp³-hybridized carbons (Fsp3) is 0.588. The van der Waals surface area contributed by atoms with E-state index >= 15 is 0 Å². The van der Waals surface area contributed by atoms with Crippen LogP contribution >= 0.6 is 35.6 Å². The predicted octanol–water partition coefficient (Wildman–Crippen LogP) is 3.50. The molecular formula is C17H28ClIN4. The average molecular weight is 451 g/mol. The van der Waals surface area contributed by atoms with Crippen molar-refractivity contribution < 1.29 is 0 Å². The van der Waals surface area contributed by atoms with Crippen molar-refractivity contribution in [2.45, 2.75) is 45.3 Å². The summed E-state index contributed by atoms with van der Waals surface area (Å²) >= 11 is 6.01. The molecule has 23 heavy (non-hydrogen) atoms. The SMILES string of the molecule is CCNC(=NCc1cccc(Cl)c1)NCC(C)N(C)C1CC1.I. The molecule has 0 heterocycles. The molecule has 4 nitrogen and oxygen atoms in total. The molecule has 0 bridgehead atoms. The minimum atomic E-state index is 0. The Bertz CT molecular complexity index is 505. The number of guanidine groups is 1. The van der Waals surface area contributed by atoms with Crippen molar-refractivity contribution in [3.63, 3.8) is 0 Å². The molecule has 1 atom stereocenters. The van der Waals surface area contributed by atoms with E-state index in [-0.39, 0.29) is 24.0 Å². The third-order valence-electron chi connectivity index (χ3n) is 4.04. The number of hydrogen-bond acceptors (Lipinski definition) is 2. The van der Waals surface area contributed by atoms with Gasteiger partial charge in [0.25, 0.3) is 0 Å². The number of nitrogens with one attached hydrogen (secondary N) is 2. The van der Waals surface area contributed by atoms with E-state index in [4.69, 9.17) is 11.6 Å². The molecule has 1 aliphatic rings. The molecule has 0 aromatic heterocycles. The second-order valence-corrected chi connectivity index (χ2v) is 6.39. The maximum atomic E-state index is 6.01. The summed E-state index contributed by atoms with van der Waals surface area (Å²) in [5.74, 6) is 0.860. The summed E-state index contributed by atoms with van der Waals surface area (Å²) in [7, 11) is 2.21. The van der Waals surface area contributed by atoms with Gasteiger partial charge in [-0.15, -0.1) is 24.0 Å². The molecule has 1 saturated carbocycles. The maximum Gasteiger partial charge on any atom is 0.191 e. The van der Waals surface area contributed by atoms with Gasteiger partial charge < -0.3 is 10.6 Å². The van der Waals surface area contributed by atoms with Crippen LogP contribution in [0.2, 0.25) is 5.02 Å². The quantitative estimate of drug-likeness (QED) is 0.379. The highest BCUT2D eigenvalue weighted by Crippen LogP contribution is 2.26. The van der Waals surface area contributed by atoms with Crippen LogP contribution < -0.4 is 10.6 Å². The highest BCUT2D eigenvalue weighted by Gasteiger charge is 2.28. The third-order valence-corrected chi connectivity index (χ3v) is 4.27. The van der Waals surface area contributed by atoms with Gasteiger partial charge in [-0.05, 0) is 51.4 Å². The normalized spacial score (nSPS) is 16.0. The minimum Gasteiger partial charge on any atom is -0.357 e. The Labute approximate surface area is 162 Å². The molecule has 0 amide bonds. The molecule has 0 saturated heterocycles. The first-order valence-corrected chi connectivity index (χ1v) is 8.46. The van der Waals surface area contributed by atoms with Crippen LogP contribution in [0.15, 0.2) is 29.3 Å². The summed E-state index contributed by atoms with van der Waals surface area (Å²) in [5.41, 5.74) is 1.12. The van der Waals surface area contributed by atoms with Gasteiger partial charge in [0.15, 0.2) is 5.96 Å². The lowest BCUT2D eigenvalue weighted by molar-refractivity contribution is 0.247. The topological polar surface area (TPSA) is 39.7 Å². The third kappa shape index (κ3) is 7.27. The van der Waals surface area contributed by atoms with E-state index in [1.807, 2.05) is 24.3 Å². The number of nitrogens with zero attached hydrogens (tertiary/aromatic N) is 2.